The largest absolute Gasteiger partial charge is 0.496 e. The van der Waals surface area contributed by atoms with E-state index in [1.165, 1.54) is 28.4 Å². The summed E-state index contributed by atoms with van der Waals surface area (Å²) in [6.45, 7) is 8.79. The number of nitrogens with one attached hydrogen (secondary N) is 1. The number of methoxy groups -OCH3 is 1. The van der Waals surface area contributed by atoms with Crippen molar-refractivity contribution in [1.82, 2.24) is 19.4 Å². The van der Waals surface area contributed by atoms with Crippen LogP contribution in [-0.4, -0.2) is 45.1 Å². The molecule has 240 valence electrons. The van der Waals surface area contributed by atoms with Gasteiger partial charge in [-0.2, -0.15) is 0 Å². The average Bonchev–Trinajstić information content (AvgIpc) is 3.67. The van der Waals surface area contributed by atoms with Crippen molar-refractivity contribution in [2.24, 2.45) is 0 Å². The minimum absolute atomic E-state index is 0.0223. The van der Waals surface area contributed by atoms with Crippen LogP contribution in [0, 0.1) is 6.92 Å². The van der Waals surface area contributed by atoms with E-state index in [1.54, 1.807) is 27.9 Å². The molecule has 45 heavy (non-hydrogen) atoms. The van der Waals surface area contributed by atoms with Gasteiger partial charge in [0, 0.05) is 24.4 Å². The van der Waals surface area contributed by atoms with Gasteiger partial charge in [0.1, 0.15) is 34.3 Å². The molecule has 4 aromatic rings. The van der Waals surface area contributed by atoms with Gasteiger partial charge in [-0.3, -0.25) is 19.0 Å². The Labute approximate surface area is 265 Å². The van der Waals surface area contributed by atoms with Crippen LogP contribution in [0.25, 0.3) is 21.0 Å². The third kappa shape index (κ3) is 6.26. The molecular formula is C33H40N4O7S. The number of carbonyl (C=O) groups is 2. The Morgan fingerprint density at radius 2 is 1.91 bits per heavy atom. The maximum atomic E-state index is 14.6. The highest BCUT2D eigenvalue weighted by molar-refractivity contribution is 7.22. The van der Waals surface area contributed by atoms with Crippen LogP contribution in [0.5, 0.6) is 5.75 Å². The maximum absolute atomic E-state index is 14.6. The number of hydrogen-bond donors (Lipinski definition) is 1. The number of benzene rings is 1. The first-order valence-electron chi connectivity index (χ1n) is 15.3. The van der Waals surface area contributed by atoms with Crippen molar-refractivity contribution in [3.8, 4) is 16.5 Å². The summed E-state index contributed by atoms with van der Waals surface area (Å²) < 4.78 is 20.5. The topological polar surface area (TPSA) is 135 Å². The van der Waals surface area contributed by atoms with E-state index in [2.05, 4.69) is 10.3 Å². The lowest BCUT2D eigenvalue weighted by molar-refractivity contribution is -0.129. The van der Waals surface area contributed by atoms with E-state index in [4.69, 9.17) is 13.9 Å². The van der Waals surface area contributed by atoms with E-state index in [0.29, 0.717) is 64.4 Å². The van der Waals surface area contributed by atoms with Crippen LogP contribution in [0.15, 0.2) is 50.7 Å². The number of nitrogens with zero attached hydrogens (tertiary/aromatic N) is 3. The zero-order valence-electron chi connectivity index (χ0n) is 26.5. The first-order chi connectivity index (χ1) is 21.5. The fourth-order valence-corrected chi connectivity index (χ4v) is 6.98. The Morgan fingerprint density at radius 3 is 2.56 bits per heavy atom. The van der Waals surface area contributed by atoms with Crippen molar-refractivity contribution in [2.75, 3.05) is 7.11 Å². The Balaban J connectivity index is 1.73. The Kier molecular flexibility index (Phi) is 9.45. The molecule has 3 aromatic heterocycles. The van der Waals surface area contributed by atoms with Gasteiger partial charge in [0.05, 0.1) is 36.2 Å². The molecule has 5 rings (SSSR count). The standard InChI is InChI=1S/C33H40N4O7S/c1-7-19(2)35-31(40)33(4,5)37-29(39)26-20(3)27(28-34-16-17-43-28)45-30(26)36(32(37)41)18-25(23-10-8-9-11-24(23)42-6)44-22-14-12-21(38)13-15-22/h8-11,16-17,19,22,25H,7,12-15,18H2,1-6H3,(H,35,40)/t19?,25-/m0/s1. The number of carbonyl (C=O) groups excluding carboxylic acids is 2. The van der Waals surface area contributed by atoms with Crippen molar-refractivity contribution in [1.29, 1.82) is 0 Å². The van der Waals surface area contributed by atoms with Crippen LogP contribution in [0.4, 0.5) is 0 Å². The van der Waals surface area contributed by atoms with Crippen LogP contribution in [-0.2, 0) is 26.4 Å². The molecule has 11 nitrogen and oxygen atoms in total. The van der Waals surface area contributed by atoms with E-state index in [1.807, 2.05) is 38.1 Å². The van der Waals surface area contributed by atoms with Crippen LogP contribution in [0.2, 0.25) is 0 Å². The number of ether oxygens (including phenoxy) is 2. The highest BCUT2D eigenvalue weighted by Gasteiger charge is 2.37. The monoisotopic (exact) mass is 636 g/mol. The molecule has 3 heterocycles. The van der Waals surface area contributed by atoms with Crippen molar-refractivity contribution in [2.45, 2.75) is 97.1 Å². The predicted molar refractivity (Wildman–Crippen MR) is 172 cm³/mol. The zero-order chi connectivity index (χ0) is 32.5. The second-order valence-corrected chi connectivity index (χ2v) is 13.1. The van der Waals surface area contributed by atoms with E-state index < -0.39 is 28.8 Å². The van der Waals surface area contributed by atoms with Gasteiger partial charge in [-0.15, -0.1) is 11.3 Å². The molecule has 2 atom stereocenters. The molecule has 1 amide bonds. The molecule has 0 saturated heterocycles. The van der Waals surface area contributed by atoms with Gasteiger partial charge in [0.25, 0.3) is 5.56 Å². The predicted octanol–water partition coefficient (Wildman–Crippen LogP) is 5.12. The number of fused-ring (bicyclic) bond motifs is 1. The molecule has 0 radical (unpaired) electrons. The number of oxazole rings is 1. The van der Waals surface area contributed by atoms with Crippen LogP contribution in [0.1, 0.15) is 77.0 Å². The van der Waals surface area contributed by atoms with Crippen molar-refractivity contribution in [3.63, 3.8) is 0 Å². The van der Waals surface area contributed by atoms with Gasteiger partial charge in [0.15, 0.2) is 0 Å². The van der Waals surface area contributed by atoms with Crippen LogP contribution < -0.4 is 21.3 Å². The summed E-state index contributed by atoms with van der Waals surface area (Å²) in [7, 11) is 1.57. The Morgan fingerprint density at radius 1 is 1.20 bits per heavy atom. The van der Waals surface area contributed by atoms with E-state index in [-0.39, 0.29) is 24.5 Å². The normalized spacial score (nSPS) is 15.7. The Hall–Kier alpha value is -4.03. The first-order valence-corrected chi connectivity index (χ1v) is 16.1. The van der Waals surface area contributed by atoms with Gasteiger partial charge < -0.3 is 19.2 Å². The summed E-state index contributed by atoms with van der Waals surface area (Å²) in [5.41, 5.74) is -1.40. The summed E-state index contributed by atoms with van der Waals surface area (Å²) >= 11 is 1.23. The van der Waals surface area contributed by atoms with Gasteiger partial charge in [-0.1, -0.05) is 25.1 Å². The number of hydrogen-bond acceptors (Lipinski definition) is 9. The maximum Gasteiger partial charge on any atom is 0.333 e. The quantitative estimate of drug-likeness (QED) is 0.240. The molecule has 1 saturated carbocycles. The molecule has 1 aliphatic rings. The van der Waals surface area contributed by atoms with E-state index in [0.717, 1.165) is 10.1 Å². The number of ketones is 1. The van der Waals surface area contributed by atoms with E-state index >= 15 is 0 Å². The molecule has 0 bridgehead atoms. The number of para-hydroxylation sites is 1. The van der Waals surface area contributed by atoms with Crippen LogP contribution >= 0.6 is 11.3 Å². The van der Waals surface area contributed by atoms with Crippen molar-refractivity contribution in [3.05, 3.63) is 68.7 Å². The molecule has 0 spiro atoms. The molecule has 12 heteroatoms. The number of Topliss-reactive ketones (excluding diaryl/α,β-unsaturated/α-hetero) is 1. The summed E-state index contributed by atoms with van der Waals surface area (Å²) in [6, 6.07) is 7.29. The summed E-state index contributed by atoms with van der Waals surface area (Å²) in [5, 5.41) is 3.24. The van der Waals surface area contributed by atoms with Crippen molar-refractivity contribution >= 4 is 33.2 Å². The van der Waals surface area contributed by atoms with Gasteiger partial charge >= 0.3 is 5.69 Å². The number of amides is 1. The van der Waals surface area contributed by atoms with Gasteiger partial charge in [0.2, 0.25) is 11.8 Å². The average molecular weight is 637 g/mol. The number of aromatic nitrogens is 3. The lowest BCUT2D eigenvalue weighted by atomic mass is 9.96. The lowest BCUT2D eigenvalue weighted by Gasteiger charge is -2.30. The lowest BCUT2D eigenvalue weighted by Crippen LogP contribution is -2.57. The Bertz CT molecular complexity index is 1810. The molecule has 1 unspecified atom stereocenters. The minimum Gasteiger partial charge on any atom is -0.496 e. The molecule has 0 aliphatic heterocycles. The fourth-order valence-electron chi connectivity index (χ4n) is 5.74. The molecule has 1 N–H and O–H groups in total. The number of aryl methyl sites for hydroxylation is 1. The summed E-state index contributed by atoms with van der Waals surface area (Å²) in [4.78, 5) is 59.7. The van der Waals surface area contributed by atoms with Gasteiger partial charge in [-0.25, -0.2) is 14.3 Å². The summed E-state index contributed by atoms with van der Waals surface area (Å²) in [6.07, 6.45) is 4.79. The molecule has 1 aliphatic carbocycles. The van der Waals surface area contributed by atoms with Crippen LogP contribution in [0.3, 0.4) is 0 Å². The van der Waals surface area contributed by atoms with Gasteiger partial charge in [-0.05, 0) is 58.6 Å². The highest BCUT2D eigenvalue weighted by Crippen LogP contribution is 2.38. The second kappa shape index (κ2) is 13.1. The molecule has 1 aromatic carbocycles. The van der Waals surface area contributed by atoms with Crippen molar-refractivity contribution < 1.29 is 23.5 Å². The smallest absolute Gasteiger partial charge is 0.333 e. The minimum atomic E-state index is -1.52. The first kappa shape index (κ1) is 32.4. The summed E-state index contributed by atoms with van der Waals surface area (Å²) in [5.74, 6) is 0.687. The fraction of sp³-hybridized carbons (Fsp3) is 0.485. The molecule has 1 fully saturated rings. The third-order valence-corrected chi connectivity index (χ3v) is 9.93. The third-order valence-electron chi connectivity index (χ3n) is 8.62. The number of thiophene rings is 1. The number of rotatable bonds is 11. The second-order valence-electron chi connectivity index (χ2n) is 12.1. The SMILES string of the molecule is CCC(C)NC(=O)C(C)(C)n1c(=O)c2c(C)c(-c3ncco3)sc2n(C[C@H](OC2CCC(=O)CC2)c2ccccc2OC)c1=O. The van der Waals surface area contributed by atoms with E-state index in [9.17, 15) is 19.2 Å². The highest BCUT2D eigenvalue weighted by atomic mass is 32.1. The molecular weight excluding hydrogens is 596 g/mol. The zero-order valence-corrected chi connectivity index (χ0v) is 27.4.